The number of thioether (sulfide) groups is 1. The molecule has 1 aliphatic rings. The molecule has 1 fully saturated rings. The van der Waals surface area contributed by atoms with Gasteiger partial charge in [-0.25, -0.2) is 14.8 Å². The van der Waals surface area contributed by atoms with E-state index in [9.17, 15) is 9.59 Å². The first-order valence-corrected chi connectivity index (χ1v) is 8.35. The second-order valence-electron chi connectivity index (χ2n) is 4.83. The van der Waals surface area contributed by atoms with E-state index in [4.69, 9.17) is 11.6 Å². The van der Waals surface area contributed by atoms with Gasteiger partial charge in [0.15, 0.2) is 11.0 Å². The van der Waals surface area contributed by atoms with Crippen LogP contribution in [0, 0.1) is 0 Å². The third-order valence-corrected chi connectivity index (χ3v) is 4.42. The van der Waals surface area contributed by atoms with Crippen molar-refractivity contribution >= 4 is 51.9 Å². The number of benzene rings is 1. The molecule has 1 aromatic heterocycles. The number of nitrogens with zero attached hydrogens (tertiary/aromatic N) is 3. The van der Waals surface area contributed by atoms with Crippen molar-refractivity contribution in [2.24, 2.45) is 4.99 Å². The Morgan fingerprint density at radius 3 is 2.68 bits per heavy atom. The molecular formula is C17H12ClN3O3S. The van der Waals surface area contributed by atoms with Crippen LogP contribution in [0.1, 0.15) is 0 Å². The van der Waals surface area contributed by atoms with Gasteiger partial charge in [-0.15, -0.1) is 0 Å². The lowest BCUT2D eigenvalue weighted by atomic mass is 10.3. The zero-order valence-electron chi connectivity index (χ0n) is 13.0. The largest absolute Gasteiger partial charge is 0.466 e. The van der Waals surface area contributed by atoms with E-state index in [1.807, 2.05) is 0 Å². The molecule has 8 heteroatoms. The van der Waals surface area contributed by atoms with Crippen LogP contribution >= 0.6 is 23.4 Å². The van der Waals surface area contributed by atoms with Gasteiger partial charge in [0.05, 0.1) is 17.7 Å². The normalized spacial score (nSPS) is 17.4. The molecule has 0 bridgehead atoms. The maximum absolute atomic E-state index is 12.7. The SMILES string of the molecule is COC(=O)/C=C1\S/C(=N\c2ccccn2)N(c2ccc(Cl)cc2)C1=O. The number of ether oxygens (including phenoxy) is 1. The predicted molar refractivity (Wildman–Crippen MR) is 98.0 cm³/mol. The molecule has 1 saturated heterocycles. The number of aliphatic imine (C=N–C) groups is 1. The number of rotatable bonds is 3. The summed E-state index contributed by atoms with van der Waals surface area (Å²) >= 11 is 6.99. The number of aromatic nitrogens is 1. The quantitative estimate of drug-likeness (QED) is 0.607. The standard InChI is InChI=1S/C17H12ClN3O3S/c1-24-15(22)10-13-16(23)21(12-7-5-11(18)6-8-12)17(25-13)20-14-4-2-3-9-19-14/h2-10H,1H3/b13-10-,20-17-. The molecule has 1 amide bonds. The first-order valence-electron chi connectivity index (χ1n) is 7.16. The number of esters is 1. The highest BCUT2D eigenvalue weighted by atomic mass is 35.5. The van der Waals surface area contributed by atoms with Gasteiger partial charge >= 0.3 is 5.97 Å². The molecule has 0 spiro atoms. The minimum atomic E-state index is -0.606. The molecule has 0 atom stereocenters. The zero-order valence-corrected chi connectivity index (χ0v) is 14.6. The van der Waals surface area contributed by atoms with Crippen molar-refractivity contribution in [3.63, 3.8) is 0 Å². The maximum atomic E-state index is 12.7. The van der Waals surface area contributed by atoms with E-state index in [0.29, 0.717) is 21.7 Å². The molecule has 2 heterocycles. The predicted octanol–water partition coefficient (Wildman–Crippen LogP) is 3.56. The van der Waals surface area contributed by atoms with Gasteiger partial charge < -0.3 is 4.74 Å². The number of methoxy groups -OCH3 is 1. The minimum Gasteiger partial charge on any atom is -0.466 e. The molecule has 0 N–H and O–H groups in total. The molecule has 126 valence electrons. The van der Waals surface area contributed by atoms with Crippen molar-refractivity contribution in [1.82, 2.24) is 4.98 Å². The zero-order chi connectivity index (χ0) is 17.8. The van der Waals surface area contributed by atoms with Crippen molar-refractivity contribution in [3.05, 3.63) is 64.7 Å². The Labute approximate surface area is 153 Å². The van der Waals surface area contributed by atoms with Crippen LogP contribution in [0.3, 0.4) is 0 Å². The Balaban J connectivity index is 2.05. The van der Waals surface area contributed by atoms with Gasteiger partial charge in [-0.1, -0.05) is 17.7 Å². The Kier molecular flexibility index (Phi) is 5.16. The third kappa shape index (κ3) is 3.89. The number of hydrogen-bond acceptors (Lipinski definition) is 6. The van der Waals surface area contributed by atoms with E-state index in [0.717, 1.165) is 17.8 Å². The average Bonchev–Trinajstić information content (AvgIpc) is 2.92. The highest BCUT2D eigenvalue weighted by Gasteiger charge is 2.35. The van der Waals surface area contributed by atoms with Gasteiger partial charge in [0.25, 0.3) is 5.91 Å². The number of carbonyl (C=O) groups excluding carboxylic acids is 2. The molecule has 0 unspecified atom stereocenters. The lowest BCUT2D eigenvalue weighted by Gasteiger charge is -2.15. The third-order valence-electron chi connectivity index (χ3n) is 3.20. The number of carbonyl (C=O) groups is 2. The summed E-state index contributed by atoms with van der Waals surface area (Å²) in [6.45, 7) is 0. The monoisotopic (exact) mass is 373 g/mol. The number of hydrogen-bond donors (Lipinski definition) is 0. The number of amides is 1. The Morgan fingerprint density at radius 2 is 2.04 bits per heavy atom. The van der Waals surface area contributed by atoms with Crippen molar-refractivity contribution in [2.45, 2.75) is 0 Å². The number of halogens is 1. The van der Waals surface area contributed by atoms with E-state index < -0.39 is 5.97 Å². The molecule has 6 nitrogen and oxygen atoms in total. The summed E-state index contributed by atoms with van der Waals surface area (Å²) in [6.07, 6.45) is 2.76. The molecule has 25 heavy (non-hydrogen) atoms. The smallest absolute Gasteiger partial charge is 0.331 e. The highest BCUT2D eigenvalue weighted by molar-refractivity contribution is 8.19. The summed E-state index contributed by atoms with van der Waals surface area (Å²) in [5.41, 5.74) is 0.588. The van der Waals surface area contributed by atoms with Gasteiger partial charge in [0.2, 0.25) is 0 Å². The Bertz CT molecular complexity index is 866. The van der Waals surface area contributed by atoms with Crippen LogP contribution in [0.2, 0.25) is 5.02 Å². The summed E-state index contributed by atoms with van der Waals surface area (Å²) < 4.78 is 4.60. The van der Waals surface area contributed by atoms with E-state index in [1.54, 1.807) is 48.7 Å². The van der Waals surface area contributed by atoms with Gasteiger partial charge in [0, 0.05) is 17.3 Å². The summed E-state index contributed by atoms with van der Waals surface area (Å²) in [6, 6.07) is 12.1. The Morgan fingerprint density at radius 1 is 1.28 bits per heavy atom. The molecule has 0 aliphatic carbocycles. The van der Waals surface area contributed by atoms with Crippen LogP contribution in [0.4, 0.5) is 11.5 Å². The van der Waals surface area contributed by atoms with Crippen LogP contribution in [0.5, 0.6) is 0 Å². The molecule has 0 radical (unpaired) electrons. The van der Waals surface area contributed by atoms with Crippen molar-refractivity contribution in [1.29, 1.82) is 0 Å². The molecule has 2 aromatic rings. The molecule has 1 aliphatic heterocycles. The lowest BCUT2D eigenvalue weighted by molar-refractivity contribution is -0.135. The second-order valence-corrected chi connectivity index (χ2v) is 6.28. The summed E-state index contributed by atoms with van der Waals surface area (Å²) in [4.78, 5) is 34.4. The number of anilines is 1. The lowest BCUT2D eigenvalue weighted by Crippen LogP contribution is -2.28. The van der Waals surface area contributed by atoms with Gasteiger partial charge in [0.1, 0.15) is 0 Å². The molecule has 1 aromatic carbocycles. The van der Waals surface area contributed by atoms with E-state index >= 15 is 0 Å². The summed E-state index contributed by atoms with van der Waals surface area (Å²) in [7, 11) is 1.25. The molecule has 0 saturated carbocycles. The van der Waals surface area contributed by atoms with Gasteiger partial charge in [-0.3, -0.25) is 9.69 Å². The second kappa shape index (κ2) is 7.50. The van der Waals surface area contributed by atoms with Crippen molar-refractivity contribution in [3.8, 4) is 0 Å². The van der Waals surface area contributed by atoms with Crippen LogP contribution in [0.25, 0.3) is 0 Å². The van der Waals surface area contributed by atoms with E-state index in [-0.39, 0.29) is 10.8 Å². The fraction of sp³-hybridized carbons (Fsp3) is 0.0588. The summed E-state index contributed by atoms with van der Waals surface area (Å²) in [5.74, 6) is -0.519. The highest BCUT2D eigenvalue weighted by Crippen LogP contribution is 2.36. The van der Waals surface area contributed by atoms with Crippen molar-refractivity contribution < 1.29 is 14.3 Å². The number of amidine groups is 1. The first-order chi connectivity index (χ1) is 12.1. The van der Waals surface area contributed by atoms with Gasteiger partial charge in [-0.05, 0) is 48.2 Å². The topological polar surface area (TPSA) is 71.9 Å². The molecule has 3 rings (SSSR count). The Hall–Kier alpha value is -2.64. The van der Waals surface area contributed by atoms with Crippen LogP contribution in [-0.2, 0) is 14.3 Å². The fourth-order valence-corrected chi connectivity index (χ4v) is 3.13. The van der Waals surface area contributed by atoms with Crippen LogP contribution in [0.15, 0.2) is 64.6 Å². The first kappa shape index (κ1) is 17.2. The van der Waals surface area contributed by atoms with Crippen molar-refractivity contribution in [2.75, 3.05) is 12.0 Å². The molecular weight excluding hydrogens is 362 g/mol. The maximum Gasteiger partial charge on any atom is 0.331 e. The van der Waals surface area contributed by atoms with Gasteiger partial charge in [-0.2, -0.15) is 0 Å². The summed E-state index contributed by atoms with van der Waals surface area (Å²) in [5, 5.41) is 0.942. The van der Waals surface area contributed by atoms with Crippen LogP contribution < -0.4 is 4.90 Å². The van der Waals surface area contributed by atoms with E-state index in [1.165, 1.54) is 12.0 Å². The van der Waals surface area contributed by atoms with Crippen LogP contribution in [-0.4, -0.2) is 29.1 Å². The average molecular weight is 374 g/mol. The van der Waals surface area contributed by atoms with E-state index in [2.05, 4.69) is 14.7 Å². The fourth-order valence-electron chi connectivity index (χ4n) is 2.05. The minimum absolute atomic E-state index is 0.219. The number of pyridine rings is 1.